The number of hydrogen-bond acceptors (Lipinski definition) is 5. The predicted molar refractivity (Wildman–Crippen MR) is 78.7 cm³/mol. The molecular weight excluding hydrogens is 284 g/mol. The Balaban J connectivity index is 1.94. The molecule has 1 saturated heterocycles. The lowest BCUT2D eigenvalue weighted by Crippen LogP contribution is -2.38. The third-order valence-electron chi connectivity index (χ3n) is 5.99. The molecule has 0 bridgehead atoms. The van der Waals surface area contributed by atoms with E-state index in [0.29, 0.717) is 18.4 Å². The summed E-state index contributed by atoms with van der Waals surface area (Å²) < 4.78 is 10.9. The number of hydrogen-bond donors (Lipinski definition) is 1. The van der Waals surface area contributed by atoms with Crippen molar-refractivity contribution < 1.29 is 24.2 Å². The van der Waals surface area contributed by atoms with Gasteiger partial charge in [-0.1, -0.05) is 20.4 Å². The average Bonchev–Trinajstić information content (AvgIpc) is 2.73. The molecule has 2 aliphatic carbocycles. The number of carbonyl (C=O) groups is 2. The van der Waals surface area contributed by atoms with Gasteiger partial charge in [-0.15, -0.1) is 0 Å². The molecule has 1 N–H and O–H groups in total. The van der Waals surface area contributed by atoms with Gasteiger partial charge in [0.1, 0.15) is 12.2 Å². The Morgan fingerprint density at radius 3 is 2.77 bits per heavy atom. The first-order valence-electron chi connectivity index (χ1n) is 7.99. The zero-order valence-electron chi connectivity index (χ0n) is 13.4. The maximum absolute atomic E-state index is 11.8. The Labute approximate surface area is 130 Å². The molecule has 5 nitrogen and oxygen atoms in total. The third kappa shape index (κ3) is 2.18. The summed E-state index contributed by atoms with van der Waals surface area (Å²) in [4.78, 5) is 23.2. The van der Waals surface area contributed by atoms with Gasteiger partial charge in [-0.25, -0.2) is 4.79 Å². The molecule has 0 aromatic rings. The van der Waals surface area contributed by atoms with Crippen LogP contribution < -0.4 is 0 Å². The second kappa shape index (κ2) is 5.08. The standard InChI is InChI=1S/C17H24O5/c1-8-5-12-11(9(2)16(20)22-12)7-17(4)14(19)6-13(15(8)17)21-10(3)18/h8,11-15,19H,2,5-7H2,1,3-4H3/t8-,11+,12+,13-,14+,15+,17+/m0/s1. The largest absolute Gasteiger partial charge is 0.462 e. The first kappa shape index (κ1) is 15.5. The zero-order valence-corrected chi connectivity index (χ0v) is 13.4. The minimum absolute atomic E-state index is 0.0457. The van der Waals surface area contributed by atoms with E-state index in [2.05, 4.69) is 13.5 Å². The topological polar surface area (TPSA) is 72.8 Å². The number of fused-ring (bicyclic) bond motifs is 2. The Hall–Kier alpha value is -1.36. The minimum Gasteiger partial charge on any atom is -0.462 e. The zero-order chi connectivity index (χ0) is 16.2. The molecule has 122 valence electrons. The highest BCUT2D eigenvalue weighted by Gasteiger charge is 2.60. The molecule has 0 aromatic carbocycles. The normalized spacial score (nSPS) is 47.5. The van der Waals surface area contributed by atoms with Crippen molar-refractivity contribution in [2.45, 2.75) is 58.3 Å². The van der Waals surface area contributed by atoms with Gasteiger partial charge in [0.15, 0.2) is 0 Å². The Morgan fingerprint density at radius 1 is 1.45 bits per heavy atom. The van der Waals surface area contributed by atoms with Gasteiger partial charge in [0.2, 0.25) is 0 Å². The summed E-state index contributed by atoms with van der Waals surface area (Å²) >= 11 is 0. The Kier molecular flexibility index (Phi) is 3.59. The van der Waals surface area contributed by atoms with E-state index in [0.717, 1.165) is 6.42 Å². The average molecular weight is 308 g/mol. The van der Waals surface area contributed by atoms with E-state index in [-0.39, 0.29) is 41.9 Å². The summed E-state index contributed by atoms with van der Waals surface area (Å²) in [6.45, 7) is 9.42. The van der Waals surface area contributed by atoms with Crippen LogP contribution in [0, 0.1) is 23.2 Å². The highest BCUT2D eigenvalue weighted by Crippen LogP contribution is 2.57. The first-order chi connectivity index (χ1) is 10.2. The monoisotopic (exact) mass is 308 g/mol. The van der Waals surface area contributed by atoms with Crippen LogP contribution in [0.2, 0.25) is 0 Å². The molecule has 2 saturated carbocycles. The van der Waals surface area contributed by atoms with Gasteiger partial charge in [-0.3, -0.25) is 4.79 Å². The molecule has 1 aliphatic heterocycles. The molecule has 1 heterocycles. The van der Waals surface area contributed by atoms with Crippen LogP contribution in [0.25, 0.3) is 0 Å². The van der Waals surface area contributed by atoms with E-state index in [1.807, 2.05) is 6.92 Å². The molecule has 3 fully saturated rings. The lowest BCUT2D eigenvalue weighted by molar-refractivity contribution is -0.150. The summed E-state index contributed by atoms with van der Waals surface area (Å²) in [6.07, 6.45) is 0.851. The second-order valence-corrected chi connectivity index (χ2v) is 7.42. The molecule has 7 atom stereocenters. The van der Waals surface area contributed by atoms with Crippen LogP contribution in [0.4, 0.5) is 0 Å². The van der Waals surface area contributed by atoms with Gasteiger partial charge < -0.3 is 14.6 Å². The fraction of sp³-hybridized carbons (Fsp3) is 0.765. The maximum Gasteiger partial charge on any atom is 0.334 e. The maximum atomic E-state index is 11.8. The predicted octanol–water partition coefficient (Wildman–Crippen LogP) is 1.83. The van der Waals surface area contributed by atoms with Crippen LogP contribution in [-0.4, -0.2) is 35.4 Å². The van der Waals surface area contributed by atoms with Crippen molar-refractivity contribution >= 4 is 11.9 Å². The highest BCUT2D eigenvalue weighted by atomic mass is 16.6. The van der Waals surface area contributed by atoms with E-state index < -0.39 is 11.5 Å². The molecule has 3 aliphatic rings. The molecule has 0 unspecified atom stereocenters. The first-order valence-corrected chi connectivity index (χ1v) is 7.99. The van der Waals surface area contributed by atoms with Crippen LogP contribution in [0.5, 0.6) is 0 Å². The number of aliphatic hydroxyl groups is 1. The molecule has 3 rings (SSSR count). The number of esters is 2. The number of ether oxygens (including phenoxy) is 2. The van der Waals surface area contributed by atoms with Gasteiger partial charge in [-0.2, -0.15) is 0 Å². The molecular formula is C17H24O5. The Bertz CT molecular complexity index is 527. The van der Waals surface area contributed by atoms with E-state index in [9.17, 15) is 14.7 Å². The summed E-state index contributed by atoms with van der Waals surface area (Å²) in [5.74, 6) is -0.401. The van der Waals surface area contributed by atoms with Crippen LogP contribution >= 0.6 is 0 Å². The van der Waals surface area contributed by atoms with E-state index in [4.69, 9.17) is 9.47 Å². The van der Waals surface area contributed by atoms with E-state index in [1.54, 1.807) is 0 Å². The third-order valence-corrected chi connectivity index (χ3v) is 5.99. The fourth-order valence-corrected chi connectivity index (χ4v) is 5.03. The Morgan fingerprint density at radius 2 is 2.14 bits per heavy atom. The summed E-state index contributed by atoms with van der Waals surface area (Å²) in [5.41, 5.74) is 0.123. The lowest BCUT2D eigenvalue weighted by Gasteiger charge is -2.38. The molecule has 0 radical (unpaired) electrons. The lowest BCUT2D eigenvalue weighted by atomic mass is 9.69. The van der Waals surface area contributed by atoms with Crippen LogP contribution in [-0.2, 0) is 19.1 Å². The minimum atomic E-state index is -0.549. The summed E-state index contributed by atoms with van der Waals surface area (Å²) in [6, 6.07) is 0. The summed E-state index contributed by atoms with van der Waals surface area (Å²) in [5, 5.41) is 10.6. The van der Waals surface area contributed by atoms with Crippen molar-refractivity contribution in [1.29, 1.82) is 0 Å². The van der Waals surface area contributed by atoms with Crippen LogP contribution in [0.3, 0.4) is 0 Å². The van der Waals surface area contributed by atoms with Crippen molar-refractivity contribution in [3.05, 3.63) is 12.2 Å². The number of carbonyl (C=O) groups excluding carboxylic acids is 2. The van der Waals surface area contributed by atoms with Crippen molar-refractivity contribution in [2.24, 2.45) is 23.2 Å². The van der Waals surface area contributed by atoms with Gasteiger partial charge >= 0.3 is 11.9 Å². The van der Waals surface area contributed by atoms with Gasteiger partial charge in [-0.05, 0) is 18.8 Å². The van der Waals surface area contributed by atoms with Crippen molar-refractivity contribution in [3.63, 3.8) is 0 Å². The van der Waals surface area contributed by atoms with E-state index >= 15 is 0 Å². The van der Waals surface area contributed by atoms with Crippen molar-refractivity contribution in [3.8, 4) is 0 Å². The van der Waals surface area contributed by atoms with Crippen LogP contribution in [0.15, 0.2) is 12.2 Å². The van der Waals surface area contributed by atoms with Gasteiger partial charge in [0.25, 0.3) is 0 Å². The molecule has 0 aromatic heterocycles. The number of aliphatic hydroxyl groups excluding tert-OH is 1. The van der Waals surface area contributed by atoms with E-state index in [1.165, 1.54) is 6.92 Å². The molecule has 22 heavy (non-hydrogen) atoms. The molecule has 0 amide bonds. The van der Waals surface area contributed by atoms with Crippen LogP contribution in [0.1, 0.15) is 40.0 Å². The molecule has 0 spiro atoms. The summed E-state index contributed by atoms with van der Waals surface area (Å²) in [7, 11) is 0. The highest BCUT2D eigenvalue weighted by molar-refractivity contribution is 5.90. The van der Waals surface area contributed by atoms with Gasteiger partial charge in [0.05, 0.1) is 6.10 Å². The fourth-order valence-electron chi connectivity index (χ4n) is 5.03. The SMILES string of the molecule is C=C1C(=O)O[C@@H]2C[C@H](C)[C@@H]3[C@@H](OC(C)=O)C[C@@H](O)[C@@]3(C)C[C@H]12. The molecule has 5 heteroatoms. The quantitative estimate of drug-likeness (QED) is 0.591. The second-order valence-electron chi connectivity index (χ2n) is 7.42. The van der Waals surface area contributed by atoms with Crippen molar-refractivity contribution in [2.75, 3.05) is 0 Å². The number of rotatable bonds is 1. The van der Waals surface area contributed by atoms with Crippen molar-refractivity contribution in [1.82, 2.24) is 0 Å². The van der Waals surface area contributed by atoms with Gasteiger partial charge in [0, 0.05) is 36.2 Å². The smallest absolute Gasteiger partial charge is 0.334 e.